The van der Waals surface area contributed by atoms with Crippen molar-refractivity contribution in [1.29, 1.82) is 0 Å². The standard InChI is InChI=1S/C22H27N5O2/c1-4-26(13-16-9-11-17(12-10-16)25(2)3)15-21-24-19-8-6-5-7-18(19)22(29)27(21)14-20(23)28/h5-12H,4,13-15H2,1-3H3,(H2,23,28)/p+1. The van der Waals surface area contributed by atoms with Gasteiger partial charge >= 0.3 is 0 Å². The SMILES string of the molecule is CC[NH+](Cc1ccc(N(C)C)cc1)Cc1nc2ccccc2c(=O)n1CC(N)=O. The highest BCUT2D eigenvalue weighted by Gasteiger charge is 2.17. The number of nitrogens with zero attached hydrogens (tertiary/aromatic N) is 3. The summed E-state index contributed by atoms with van der Waals surface area (Å²) in [4.78, 5) is 32.5. The number of aromatic nitrogens is 2. The van der Waals surface area contributed by atoms with E-state index in [4.69, 9.17) is 5.73 Å². The van der Waals surface area contributed by atoms with Crippen molar-refractivity contribution in [2.45, 2.75) is 26.6 Å². The Kier molecular flexibility index (Phi) is 6.29. The normalized spacial score (nSPS) is 12.1. The molecule has 3 aromatic rings. The van der Waals surface area contributed by atoms with E-state index < -0.39 is 5.91 Å². The average molecular weight is 394 g/mol. The van der Waals surface area contributed by atoms with Gasteiger partial charge in [-0.25, -0.2) is 4.98 Å². The van der Waals surface area contributed by atoms with Gasteiger partial charge in [0, 0.05) is 25.3 Å². The number of amides is 1. The van der Waals surface area contributed by atoms with Crippen LogP contribution in [-0.4, -0.2) is 36.1 Å². The molecule has 0 saturated heterocycles. The lowest BCUT2D eigenvalue weighted by Crippen LogP contribution is -3.09. The summed E-state index contributed by atoms with van der Waals surface area (Å²) in [6.07, 6.45) is 0. The van der Waals surface area contributed by atoms with Gasteiger partial charge in [0.1, 0.15) is 19.6 Å². The molecule has 29 heavy (non-hydrogen) atoms. The number of rotatable bonds is 8. The van der Waals surface area contributed by atoms with Gasteiger partial charge in [-0.05, 0) is 31.2 Å². The highest BCUT2D eigenvalue weighted by molar-refractivity contribution is 5.78. The molecule has 3 N–H and O–H groups in total. The number of hydrogen-bond donors (Lipinski definition) is 2. The van der Waals surface area contributed by atoms with Gasteiger partial charge in [-0.15, -0.1) is 0 Å². The lowest BCUT2D eigenvalue weighted by molar-refractivity contribution is -0.926. The molecule has 3 rings (SSSR count). The summed E-state index contributed by atoms with van der Waals surface area (Å²) >= 11 is 0. The van der Waals surface area contributed by atoms with Crippen LogP contribution in [0.15, 0.2) is 53.3 Å². The quantitative estimate of drug-likeness (QED) is 0.584. The number of anilines is 1. The molecule has 0 spiro atoms. The van der Waals surface area contributed by atoms with Crippen LogP contribution in [0.2, 0.25) is 0 Å². The largest absolute Gasteiger partial charge is 0.378 e. The number of nitrogens with two attached hydrogens (primary N) is 1. The van der Waals surface area contributed by atoms with E-state index in [2.05, 4.69) is 41.1 Å². The van der Waals surface area contributed by atoms with E-state index in [0.717, 1.165) is 18.8 Å². The maximum absolute atomic E-state index is 12.9. The molecule has 0 saturated carbocycles. The maximum Gasteiger partial charge on any atom is 0.262 e. The minimum atomic E-state index is -0.553. The lowest BCUT2D eigenvalue weighted by atomic mass is 10.2. The second-order valence-corrected chi connectivity index (χ2v) is 7.42. The molecule has 0 bridgehead atoms. The number of carbonyl (C=O) groups is 1. The molecule has 2 aromatic carbocycles. The molecule has 0 aliphatic carbocycles. The monoisotopic (exact) mass is 394 g/mol. The van der Waals surface area contributed by atoms with Crippen LogP contribution in [0.4, 0.5) is 5.69 Å². The van der Waals surface area contributed by atoms with E-state index in [0.29, 0.717) is 23.3 Å². The van der Waals surface area contributed by atoms with Crippen LogP contribution >= 0.6 is 0 Å². The Morgan fingerprint density at radius 2 is 1.79 bits per heavy atom. The first-order valence-electron chi connectivity index (χ1n) is 9.75. The van der Waals surface area contributed by atoms with Gasteiger partial charge in [0.2, 0.25) is 5.91 Å². The molecule has 7 heteroatoms. The Labute approximate surface area is 170 Å². The van der Waals surface area contributed by atoms with Crippen LogP contribution in [0, 0.1) is 0 Å². The highest BCUT2D eigenvalue weighted by Crippen LogP contribution is 2.12. The summed E-state index contributed by atoms with van der Waals surface area (Å²) in [5.41, 5.74) is 8.16. The summed E-state index contributed by atoms with van der Waals surface area (Å²) in [6, 6.07) is 15.6. The molecule has 7 nitrogen and oxygen atoms in total. The third-order valence-corrected chi connectivity index (χ3v) is 5.07. The maximum atomic E-state index is 12.9. The molecule has 0 radical (unpaired) electrons. The van der Waals surface area contributed by atoms with Gasteiger partial charge in [0.05, 0.1) is 17.4 Å². The van der Waals surface area contributed by atoms with Crippen LogP contribution < -0.4 is 21.1 Å². The fourth-order valence-corrected chi connectivity index (χ4v) is 3.40. The zero-order valence-electron chi connectivity index (χ0n) is 17.2. The first-order valence-corrected chi connectivity index (χ1v) is 9.75. The molecule has 0 aliphatic heterocycles. The molecular weight excluding hydrogens is 366 g/mol. The predicted octanol–water partition coefficient (Wildman–Crippen LogP) is 0.553. The zero-order chi connectivity index (χ0) is 21.0. The number of benzene rings is 2. The molecule has 1 amide bonds. The summed E-state index contributed by atoms with van der Waals surface area (Å²) in [6.45, 7) is 4.11. The molecule has 1 heterocycles. The van der Waals surface area contributed by atoms with Gasteiger partial charge in [0.15, 0.2) is 5.82 Å². The smallest absolute Gasteiger partial charge is 0.262 e. The summed E-state index contributed by atoms with van der Waals surface area (Å²) in [5.74, 6) is 0.0250. The van der Waals surface area contributed by atoms with E-state index in [1.165, 1.54) is 15.0 Å². The predicted molar refractivity (Wildman–Crippen MR) is 115 cm³/mol. The number of fused-ring (bicyclic) bond motifs is 1. The lowest BCUT2D eigenvalue weighted by Gasteiger charge is -2.20. The van der Waals surface area contributed by atoms with E-state index in [1.807, 2.05) is 26.2 Å². The molecular formula is C22H28N5O2+. The van der Waals surface area contributed by atoms with E-state index in [1.54, 1.807) is 12.1 Å². The number of nitrogens with one attached hydrogen (secondary N) is 1. The number of quaternary nitrogens is 1. The summed E-state index contributed by atoms with van der Waals surface area (Å²) < 4.78 is 1.41. The Hall–Kier alpha value is -3.19. The van der Waals surface area contributed by atoms with Crippen LogP contribution in [0.5, 0.6) is 0 Å². The molecule has 1 unspecified atom stereocenters. The highest BCUT2D eigenvalue weighted by atomic mass is 16.2. The fraction of sp³-hybridized carbons (Fsp3) is 0.318. The average Bonchev–Trinajstić information content (AvgIpc) is 2.70. The first-order chi connectivity index (χ1) is 13.9. The zero-order valence-corrected chi connectivity index (χ0v) is 17.2. The van der Waals surface area contributed by atoms with E-state index in [-0.39, 0.29) is 12.1 Å². The Morgan fingerprint density at radius 3 is 2.41 bits per heavy atom. The van der Waals surface area contributed by atoms with Crippen molar-refractivity contribution in [3.8, 4) is 0 Å². The van der Waals surface area contributed by atoms with Crippen molar-refractivity contribution >= 4 is 22.5 Å². The van der Waals surface area contributed by atoms with Crippen molar-refractivity contribution in [3.63, 3.8) is 0 Å². The number of hydrogen-bond acceptors (Lipinski definition) is 4. The van der Waals surface area contributed by atoms with E-state index >= 15 is 0 Å². The van der Waals surface area contributed by atoms with Crippen molar-refractivity contribution in [3.05, 3.63) is 70.3 Å². The van der Waals surface area contributed by atoms with Gasteiger partial charge in [0.25, 0.3) is 5.56 Å². The third kappa shape index (κ3) is 4.81. The van der Waals surface area contributed by atoms with Gasteiger partial charge in [-0.3, -0.25) is 14.2 Å². The Bertz CT molecular complexity index is 1060. The number of carbonyl (C=O) groups excluding carboxylic acids is 1. The topological polar surface area (TPSA) is 85.7 Å². The Balaban J connectivity index is 1.91. The third-order valence-electron chi connectivity index (χ3n) is 5.07. The molecule has 1 aromatic heterocycles. The van der Waals surface area contributed by atoms with Crippen LogP contribution in [-0.2, 0) is 24.4 Å². The number of primary amides is 1. The van der Waals surface area contributed by atoms with Crippen LogP contribution in [0.3, 0.4) is 0 Å². The first kappa shape index (κ1) is 20.5. The fourth-order valence-electron chi connectivity index (χ4n) is 3.40. The van der Waals surface area contributed by atoms with Crippen LogP contribution in [0.25, 0.3) is 10.9 Å². The van der Waals surface area contributed by atoms with Crippen molar-refractivity contribution in [2.24, 2.45) is 5.73 Å². The second kappa shape index (κ2) is 8.87. The van der Waals surface area contributed by atoms with E-state index in [9.17, 15) is 9.59 Å². The molecule has 1 atom stereocenters. The minimum Gasteiger partial charge on any atom is -0.378 e. The molecule has 0 fully saturated rings. The van der Waals surface area contributed by atoms with Crippen molar-refractivity contribution in [2.75, 3.05) is 25.5 Å². The molecule has 0 aliphatic rings. The van der Waals surface area contributed by atoms with Gasteiger partial charge < -0.3 is 15.5 Å². The summed E-state index contributed by atoms with van der Waals surface area (Å²) in [5, 5.41) is 0.495. The molecule has 152 valence electrons. The van der Waals surface area contributed by atoms with Crippen molar-refractivity contribution in [1.82, 2.24) is 9.55 Å². The minimum absolute atomic E-state index is 0.166. The van der Waals surface area contributed by atoms with Crippen molar-refractivity contribution < 1.29 is 9.69 Å². The van der Waals surface area contributed by atoms with Gasteiger partial charge in [-0.2, -0.15) is 0 Å². The summed E-state index contributed by atoms with van der Waals surface area (Å²) in [7, 11) is 4.03. The second-order valence-electron chi connectivity index (χ2n) is 7.42. The number of para-hydroxylation sites is 1. The van der Waals surface area contributed by atoms with Gasteiger partial charge in [-0.1, -0.05) is 24.3 Å². The van der Waals surface area contributed by atoms with Crippen LogP contribution in [0.1, 0.15) is 18.3 Å². The Morgan fingerprint density at radius 1 is 1.10 bits per heavy atom.